The van der Waals surface area contributed by atoms with Gasteiger partial charge in [-0.1, -0.05) is 6.42 Å². The first-order valence-electron chi connectivity index (χ1n) is 8.91. The molecule has 1 aliphatic heterocycles. The average Bonchev–Trinajstić information content (AvgIpc) is 2.85. The van der Waals surface area contributed by atoms with E-state index in [0.29, 0.717) is 18.4 Å². The molecule has 1 aromatic rings. The minimum atomic E-state index is 0.0237. The van der Waals surface area contributed by atoms with Gasteiger partial charge >= 0.3 is 0 Å². The van der Waals surface area contributed by atoms with E-state index in [1.807, 2.05) is 24.8 Å². The van der Waals surface area contributed by atoms with E-state index >= 15 is 0 Å². The maximum absolute atomic E-state index is 12.2. The van der Waals surface area contributed by atoms with Crippen molar-refractivity contribution >= 4 is 23.2 Å². The molecule has 1 aliphatic carbocycles. The Morgan fingerprint density at radius 2 is 1.92 bits per heavy atom. The summed E-state index contributed by atoms with van der Waals surface area (Å²) in [5, 5.41) is 3.02. The van der Waals surface area contributed by atoms with E-state index in [4.69, 9.17) is 0 Å². The molecule has 0 bridgehead atoms. The summed E-state index contributed by atoms with van der Waals surface area (Å²) in [5.41, 5.74) is 0.799. The number of carbonyl (C=O) groups is 2. The van der Waals surface area contributed by atoms with Gasteiger partial charge in [0.15, 0.2) is 0 Å². The van der Waals surface area contributed by atoms with Crippen LogP contribution in [0.2, 0.25) is 0 Å². The molecule has 0 radical (unpaired) electrons. The molecule has 1 saturated carbocycles. The molecule has 3 rings (SSSR count). The van der Waals surface area contributed by atoms with Crippen molar-refractivity contribution in [1.29, 1.82) is 0 Å². The number of amides is 2. The smallest absolute Gasteiger partial charge is 0.252 e. The normalized spacial score (nSPS) is 19.2. The van der Waals surface area contributed by atoms with E-state index in [9.17, 15) is 9.59 Å². The molecule has 2 fully saturated rings. The van der Waals surface area contributed by atoms with Crippen molar-refractivity contribution in [3.05, 3.63) is 21.4 Å². The van der Waals surface area contributed by atoms with Crippen molar-refractivity contribution < 1.29 is 9.59 Å². The molecule has 2 aliphatic rings. The summed E-state index contributed by atoms with van der Waals surface area (Å²) in [6.45, 7) is 8.99. The lowest BCUT2D eigenvalue weighted by atomic mass is 9.84. The van der Waals surface area contributed by atoms with Crippen molar-refractivity contribution in [2.75, 3.05) is 39.3 Å². The fourth-order valence-electron chi connectivity index (χ4n) is 3.38. The molecule has 2 heterocycles. The van der Waals surface area contributed by atoms with Crippen LogP contribution >= 0.6 is 11.3 Å². The summed E-state index contributed by atoms with van der Waals surface area (Å²) in [5.74, 6) is 0.682. The van der Waals surface area contributed by atoms with Gasteiger partial charge in [-0.3, -0.25) is 14.5 Å². The van der Waals surface area contributed by atoms with Crippen LogP contribution in [-0.2, 0) is 4.79 Å². The Morgan fingerprint density at radius 1 is 1.21 bits per heavy atom. The Labute approximate surface area is 148 Å². The molecule has 2 amide bonds. The maximum atomic E-state index is 12.2. The van der Waals surface area contributed by atoms with E-state index in [1.165, 1.54) is 11.3 Å². The molecule has 1 aromatic heterocycles. The summed E-state index contributed by atoms with van der Waals surface area (Å²) in [6, 6.07) is 1.96. The fourth-order valence-corrected chi connectivity index (χ4v) is 4.31. The molecule has 6 heteroatoms. The predicted molar refractivity (Wildman–Crippen MR) is 96.5 cm³/mol. The lowest BCUT2D eigenvalue weighted by Gasteiger charge is -2.38. The van der Waals surface area contributed by atoms with Crippen LogP contribution in [0.5, 0.6) is 0 Å². The van der Waals surface area contributed by atoms with Gasteiger partial charge in [0.2, 0.25) is 5.91 Å². The quantitative estimate of drug-likeness (QED) is 0.885. The number of nitrogens with one attached hydrogen (secondary N) is 1. The second-order valence-electron chi connectivity index (χ2n) is 6.88. The number of rotatable bonds is 5. The van der Waals surface area contributed by atoms with E-state index in [0.717, 1.165) is 56.0 Å². The maximum Gasteiger partial charge on any atom is 0.252 e. The summed E-state index contributed by atoms with van der Waals surface area (Å²) < 4.78 is 0. The molecular weight excluding hydrogens is 322 g/mol. The van der Waals surface area contributed by atoms with Crippen molar-refractivity contribution in [2.45, 2.75) is 33.1 Å². The summed E-state index contributed by atoms with van der Waals surface area (Å²) >= 11 is 1.66. The van der Waals surface area contributed by atoms with E-state index < -0.39 is 0 Å². The Bertz CT molecular complexity index is 601. The zero-order valence-corrected chi connectivity index (χ0v) is 15.5. The third kappa shape index (κ3) is 3.98. The Kier molecular flexibility index (Phi) is 5.56. The van der Waals surface area contributed by atoms with Crippen molar-refractivity contribution in [3.8, 4) is 0 Å². The standard InChI is InChI=1S/C18H27N3O2S/c1-13-12-16(14(2)24-13)17(22)19-6-7-20-8-10-21(11-9-20)18(23)15-4-3-5-15/h12,15H,3-11H2,1-2H3,(H,19,22). The molecule has 0 aromatic carbocycles. The van der Waals surface area contributed by atoms with Crippen molar-refractivity contribution in [1.82, 2.24) is 15.1 Å². The fraction of sp³-hybridized carbons (Fsp3) is 0.667. The van der Waals surface area contributed by atoms with Gasteiger partial charge in [0.05, 0.1) is 5.56 Å². The van der Waals surface area contributed by atoms with Crippen LogP contribution in [0.3, 0.4) is 0 Å². The zero-order valence-electron chi connectivity index (χ0n) is 14.6. The number of piperazine rings is 1. The summed E-state index contributed by atoms with van der Waals surface area (Å²) in [4.78, 5) is 31.0. The molecule has 1 saturated heterocycles. The van der Waals surface area contributed by atoms with Crippen LogP contribution < -0.4 is 5.32 Å². The van der Waals surface area contributed by atoms with Crippen molar-refractivity contribution in [3.63, 3.8) is 0 Å². The first kappa shape index (κ1) is 17.4. The number of hydrogen-bond acceptors (Lipinski definition) is 4. The van der Waals surface area contributed by atoms with E-state index in [2.05, 4.69) is 10.2 Å². The van der Waals surface area contributed by atoms with Crippen LogP contribution in [0.25, 0.3) is 0 Å². The van der Waals surface area contributed by atoms with Crippen LogP contribution in [-0.4, -0.2) is 60.9 Å². The monoisotopic (exact) mass is 349 g/mol. The van der Waals surface area contributed by atoms with Gasteiger partial charge in [0.1, 0.15) is 0 Å². The largest absolute Gasteiger partial charge is 0.351 e. The Morgan fingerprint density at radius 3 is 2.46 bits per heavy atom. The highest BCUT2D eigenvalue weighted by Gasteiger charge is 2.31. The van der Waals surface area contributed by atoms with Crippen LogP contribution in [0.4, 0.5) is 0 Å². The van der Waals surface area contributed by atoms with Crippen molar-refractivity contribution in [2.24, 2.45) is 5.92 Å². The average molecular weight is 350 g/mol. The number of nitrogens with zero attached hydrogens (tertiary/aromatic N) is 2. The third-order valence-electron chi connectivity index (χ3n) is 5.14. The second-order valence-corrected chi connectivity index (χ2v) is 8.34. The third-order valence-corrected chi connectivity index (χ3v) is 6.10. The number of hydrogen-bond donors (Lipinski definition) is 1. The second kappa shape index (κ2) is 7.66. The molecule has 0 spiro atoms. The molecule has 5 nitrogen and oxygen atoms in total. The zero-order chi connectivity index (χ0) is 17.1. The Hall–Kier alpha value is -1.40. The first-order chi connectivity index (χ1) is 11.5. The highest BCUT2D eigenvalue weighted by atomic mass is 32.1. The number of aryl methyl sites for hydroxylation is 2. The van der Waals surface area contributed by atoms with E-state index in [1.54, 1.807) is 11.3 Å². The Balaban J connectivity index is 1.37. The summed E-state index contributed by atoms with van der Waals surface area (Å²) in [6.07, 6.45) is 3.36. The SMILES string of the molecule is Cc1cc(C(=O)NCCN2CCN(C(=O)C3CCC3)CC2)c(C)s1. The molecule has 24 heavy (non-hydrogen) atoms. The predicted octanol–water partition coefficient (Wildman–Crippen LogP) is 2.04. The van der Waals surface area contributed by atoms with Gasteiger partial charge in [0, 0.05) is 54.9 Å². The van der Waals surface area contributed by atoms with E-state index in [-0.39, 0.29) is 5.91 Å². The molecule has 0 unspecified atom stereocenters. The topological polar surface area (TPSA) is 52.7 Å². The first-order valence-corrected chi connectivity index (χ1v) is 9.72. The highest BCUT2D eigenvalue weighted by molar-refractivity contribution is 7.12. The number of thiophene rings is 1. The molecular formula is C18H27N3O2S. The molecule has 1 N–H and O–H groups in total. The lowest BCUT2D eigenvalue weighted by molar-refractivity contribution is -0.139. The summed E-state index contributed by atoms with van der Waals surface area (Å²) in [7, 11) is 0. The van der Waals surface area contributed by atoms with Gasteiger partial charge in [-0.05, 0) is 32.8 Å². The molecule has 132 valence electrons. The molecule has 0 atom stereocenters. The van der Waals surface area contributed by atoms with Gasteiger partial charge in [-0.2, -0.15) is 0 Å². The van der Waals surface area contributed by atoms with Crippen LogP contribution in [0.1, 0.15) is 39.4 Å². The highest BCUT2D eigenvalue weighted by Crippen LogP contribution is 2.28. The minimum absolute atomic E-state index is 0.0237. The lowest BCUT2D eigenvalue weighted by Crippen LogP contribution is -2.52. The van der Waals surface area contributed by atoms with Gasteiger partial charge in [-0.15, -0.1) is 11.3 Å². The van der Waals surface area contributed by atoms with Gasteiger partial charge < -0.3 is 10.2 Å². The van der Waals surface area contributed by atoms with Gasteiger partial charge in [0.25, 0.3) is 5.91 Å². The van der Waals surface area contributed by atoms with Gasteiger partial charge in [-0.25, -0.2) is 0 Å². The van der Waals surface area contributed by atoms with Crippen LogP contribution in [0, 0.1) is 19.8 Å². The van der Waals surface area contributed by atoms with Crippen LogP contribution in [0.15, 0.2) is 6.07 Å². The minimum Gasteiger partial charge on any atom is -0.351 e. The number of carbonyl (C=O) groups excluding carboxylic acids is 2.